The maximum absolute atomic E-state index is 5.02. The Morgan fingerprint density at radius 2 is 2.24 bits per heavy atom. The summed E-state index contributed by atoms with van der Waals surface area (Å²) in [4.78, 5) is 8.27. The monoisotopic (exact) mass is 233 g/mol. The zero-order valence-electron chi connectivity index (χ0n) is 9.92. The van der Waals surface area contributed by atoms with Gasteiger partial charge in [0.1, 0.15) is 0 Å². The van der Waals surface area contributed by atoms with E-state index in [4.69, 9.17) is 4.74 Å². The highest BCUT2D eigenvalue weighted by Gasteiger charge is 2.00. The van der Waals surface area contributed by atoms with E-state index in [9.17, 15) is 0 Å². The third-order valence-electron chi connectivity index (χ3n) is 2.43. The van der Waals surface area contributed by atoms with Crippen LogP contribution in [0.5, 0.6) is 5.88 Å². The predicted octanol–water partition coefficient (Wildman–Crippen LogP) is 0.873. The number of rotatable bonds is 5. The number of hydrogen-bond donors (Lipinski definition) is 1. The van der Waals surface area contributed by atoms with Gasteiger partial charge in [-0.15, -0.1) is 0 Å². The van der Waals surface area contributed by atoms with Crippen molar-refractivity contribution in [2.45, 2.75) is 6.42 Å². The molecule has 0 aliphatic rings. The number of nitrogens with one attached hydrogen (secondary N) is 1. The van der Waals surface area contributed by atoms with E-state index in [0.29, 0.717) is 11.8 Å². The number of anilines is 1. The van der Waals surface area contributed by atoms with E-state index in [1.54, 1.807) is 25.6 Å². The Bertz CT molecular complexity index is 482. The third-order valence-corrected chi connectivity index (χ3v) is 2.43. The Kier molecular flexibility index (Phi) is 3.54. The molecular formula is C11H15N5O. The Labute approximate surface area is 99.7 Å². The van der Waals surface area contributed by atoms with Crippen molar-refractivity contribution >= 4 is 5.95 Å². The largest absolute Gasteiger partial charge is 0.481 e. The number of aryl methyl sites for hydroxylation is 1. The van der Waals surface area contributed by atoms with Gasteiger partial charge in [-0.25, -0.2) is 4.98 Å². The number of nitrogens with zero attached hydrogens (tertiary/aromatic N) is 4. The molecule has 0 radical (unpaired) electrons. The molecule has 0 bridgehead atoms. The molecule has 0 atom stereocenters. The van der Waals surface area contributed by atoms with Gasteiger partial charge < -0.3 is 10.1 Å². The second kappa shape index (κ2) is 5.29. The second-order valence-corrected chi connectivity index (χ2v) is 3.55. The molecule has 2 rings (SSSR count). The molecule has 0 aromatic carbocycles. The van der Waals surface area contributed by atoms with E-state index in [0.717, 1.165) is 13.0 Å². The first-order valence-corrected chi connectivity index (χ1v) is 5.37. The standard InChI is InChI=1S/C11H15N5O/c1-16-9(4-8-14-16)3-6-12-11-13-7-5-10(15-11)17-2/h4-5,7-8H,3,6H2,1-2H3,(H,12,13,15). The van der Waals surface area contributed by atoms with Crippen LogP contribution in [0.15, 0.2) is 24.5 Å². The molecule has 0 aliphatic carbocycles. The van der Waals surface area contributed by atoms with Crippen LogP contribution in [0.3, 0.4) is 0 Å². The van der Waals surface area contributed by atoms with Gasteiger partial charge in [-0.2, -0.15) is 10.1 Å². The summed E-state index contributed by atoms with van der Waals surface area (Å²) < 4.78 is 6.88. The zero-order chi connectivity index (χ0) is 12.1. The summed E-state index contributed by atoms with van der Waals surface area (Å²) in [5, 5.41) is 7.25. The maximum Gasteiger partial charge on any atom is 0.225 e. The van der Waals surface area contributed by atoms with Gasteiger partial charge in [-0.3, -0.25) is 4.68 Å². The molecule has 2 aromatic rings. The number of ether oxygens (including phenoxy) is 1. The van der Waals surface area contributed by atoms with Crippen molar-refractivity contribution in [3.63, 3.8) is 0 Å². The van der Waals surface area contributed by atoms with Crippen LogP contribution in [0.2, 0.25) is 0 Å². The molecule has 2 heterocycles. The Morgan fingerprint density at radius 3 is 2.94 bits per heavy atom. The third kappa shape index (κ3) is 2.93. The molecule has 0 aliphatic heterocycles. The first kappa shape index (κ1) is 11.4. The fourth-order valence-corrected chi connectivity index (χ4v) is 1.49. The fourth-order valence-electron chi connectivity index (χ4n) is 1.49. The summed E-state index contributed by atoms with van der Waals surface area (Å²) in [5.74, 6) is 1.13. The smallest absolute Gasteiger partial charge is 0.225 e. The summed E-state index contributed by atoms with van der Waals surface area (Å²) in [7, 11) is 3.51. The highest BCUT2D eigenvalue weighted by Crippen LogP contribution is 2.07. The van der Waals surface area contributed by atoms with Gasteiger partial charge in [0.2, 0.25) is 11.8 Å². The van der Waals surface area contributed by atoms with Crippen molar-refractivity contribution in [2.75, 3.05) is 19.0 Å². The number of methoxy groups -OCH3 is 1. The van der Waals surface area contributed by atoms with Gasteiger partial charge >= 0.3 is 0 Å². The summed E-state index contributed by atoms with van der Waals surface area (Å²) >= 11 is 0. The van der Waals surface area contributed by atoms with Crippen molar-refractivity contribution < 1.29 is 4.74 Å². The first-order chi connectivity index (χ1) is 8.29. The van der Waals surface area contributed by atoms with Gasteiger partial charge in [0.05, 0.1) is 7.11 Å². The van der Waals surface area contributed by atoms with Crippen LogP contribution >= 0.6 is 0 Å². The molecule has 0 unspecified atom stereocenters. The second-order valence-electron chi connectivity index (χ2n) is 3.55. The summed E-state index contributed by atoms with van der Waals surface area (Å²) in [5.41, 5.74) is 1.17. The van der Waals surface area contributed by atoms with Crippen LogP contribution < -0.4 is 10.1 Å². The fraction of sp³-hybridized carbons (Fsp3) is 0.364. The first-order valence-electron chi connectivity index (χ1n) is 5.37. The lowest BCUT2D eigenvalue weighted by molar-refractivity contribution is 0.397. The van der Waals surface area contributed by atoms with Gasteiger partial charge in [-0.1, -0.05) is 0 Å². The van der Waals surface area contributed by atoms with Crippen molar-refractivity contribution in [1.82, 2.24) is 19.7 Å². The van der Waals surface area contributed by atoms with Crippen molar-refractivity contribution in [2.24, 2.45) is 7.05 Å². The van der Waals surface area contributed by atoms with Gasteiger partial charge in [-0.05, 0) is 6.07 Å². The highest BCUT2D eigenvalue weighted by atomic mass is 16.5. The minimum absolute atomic E-state index is 0.558. The molecule has 90 valence electrons. The SMILES string of the molecule is COc1ccnc(NCCc2ccnn2C)n1. The molecule has 0 saturated heterocycles. The van der Waals surface area contributed by atoms with Crippen LogP contribution in [0.25, 0.3) is 0 Å². The molecule has 0 amide bonds. The average Bonchev–Trinajstić information content (AvgIpc) is 2.76. The topological polar surface area (TPSA) is 64.9 Å². The molecule has 17 heavy (non-hydrogen) atoms. The summed E-state index contributed by atoms with van der Waals surface area (Å²) in [6.07, 6.45) is 4.33. The van der Waals surface area contributed by atoms with E-state index in [1.165, 1.54) is 5.69 Å². The molecular weight excluding hydrogens is 218 g/mol. The van der Waals surface area contributed by atoms with E-state index >= 15 is 0 Å². The minimum atomic E-state index is 0.558. The van der Waals surface area contributed by atoms with E-state index < -0.39 is 0 Å². The summed E-state index contributed by atoms with van der Waals surface area (Å²) in [6.45, 7) is 0.757. The van der Waals surface area contributed by atoms with Gasteiger partial charge in [0, 0.05) is 44.2 Å². The molecule has 1 N–H and O–H groups in total. The minimum Gasteiger partial charge on any atom is -0.481 e. The maximum atomic E-state index is 5.02. The van der Waals surface area contributed by atoms with Crippen LogP contribution in [0.1, 0.15) is 5.69 Å². The Morgan fingerprint density at radius 1 is 1.35 bits per heavy atom. The van der Waals surface area contributed by atoms with Crippen LogP contribution in [-0.2, 0) is 13.5 Å². The predicted molar refractivity (Wildman–Crippen MR) is 64.0 cm³/mol. The lowest BCUT2D eigenvalue weighted by Gasteiger charge is -2.05. The van der Waals surface area contributed by atoms with Crippen LogP contribution in [0.4, 0.5) is 5.95 Å². The van der Waals surface area contributed by atoms with E-state index in [-0.39, 0.29) is 0 Å². The molecule has 6 heteroatoms. The molecule has 6 nitrogen and oxygen atoms in total. The van der Waals surface area contributed by atoms with E-state index in [2.05, 4.69) is 20.4 Å². The van der Waals surface area contributed by atoms with E-state index in [1.807, 2.05) is 17.8 Å². The lowest BCUT2D eigenvalue weighted by atomic mass is 10.3. The highest BCUT2D eigenvalue weighted by molar-refractivity contribution is 5.27. The van der Waals surface area contributed by atoms with Crippen molar-refractivity contribution in [3.8, 4) is 5.88 Å². The molecule has 0 spiro atoms. The normalized spacial score (nSPS) is 10.2. The van der Waals surface area contributed by atoms with Crippen molar-refractivity contribution in [1.29, 1.82) is 0 Å². The summed E-state index contributed by atoms with van der Waals surface area (Å²) in [6, 6.07) is 3.71. The van der Waals surface area contributed by atoms with Crippen LogP contribution in [0, 0.1) is 0 Å². The van der Waals surface area contributed by atoms with Gasteiger partial charge in [0.15, 0.2) is 0 Å². The van der Waals surface area contributed by atoms with Gasteiger partial charge in [0.25, 0.3) is 0 Å². The number of aromatic nitrogens is 4. The lowest BCUT2D eigenvalue weighted by Crippen LogP contribution is -2.10. The van der Waals surface area contributed by atoms with Crippen molar-refractivity contribution in [3.05, 3.63) is 30.2 Å². The number of hydrogen-bond acceptors (Lipinski definition) is 5. The Balaban J connectivity index is 1.87. The van der Waals surface area contributed by atoms with Crippen LogP contribution in [-0.4, -0.2) is 33.4 Å². The molecule has 0 fully saturated rings. The molecule has 0 saturated carbocycles. The zero-order valence-corrected chi connectivity index (χ0v) is 9.92. The Hall–Kier alpha value is -2.11. The molecule has 2 aromatic heterocycles. The quantitative estimate of drug-likeness (QED) is 0.830. The average molecular weight is 233 g/mol.